The number of sulfonamides is 1. The van der Waals surface area contributed by atoms with Crippen LogP contribution < -0.4 is 15.2 Å². The van der Waals surface area contributed by atoms with Crippen LogP contribution in [0.15, 0.2) is 59.5 Å². The largest absolute Gasteiger partial charge is 0.456 e. The van der Waals surface area contributed by atoms with Crippen LogP contribution in [-0.2, 0) is 21.2 Å². The molecule has 6 nitrogen and oxygen atoms in total. The molecule has 0 spiro atoms. The average molecular weight is 520 g/mol. The van der Waals surface area contributed by atoms with Gasteiger partial charge in [-0.25, -0.2) is 13.6 Å². The zero-order chi connectivity index (χ0) is 22.8. The third-order valence-corrected chi connectivity index (χ3v) is 6.40. The summed E-state index contributed by atoms with van der Waals surface area (Å²) in [4.78, 5) is 12.2. The van der Waals surface area contributed by atoms with E-state index in [0.29, 0.717) is 16.3 Å². The van der Waals surface area contributed by atoms with Gasteiger partial charge in [0.15, 0.2) is 0 Å². The van der Waals surface area contributed by atoms with Crippen molar-refractivity contribution < 1.29 is 17.9 Å². The second kappa shape index (κ2) is 9.65. The molecule has 162 valence electrons. The Hall–Kier alpha value is -2.00. The number of rotatable bonds is 6. The predicted molar refractivity (Wildman–Crippen MR) is 123 cm³/mol. The van der Waals surface area contributed by atoms with E-state index in [1.807, 2.05) is 0 Å². The molecule has 0 saturated carbocycles. The number of primary sulfonamides is 1. The summed E-state index contributed by atoms with van der Waals surface area (Å²) in [5.41, 5.74) is 0.530. The summed E-state index contributed by atoms with van der Waals surface area (Å²) >= 11 is 24.1. The number of carbonyl (C=O) groups excluding carboxylic acids is 1. The first kappa shape index (κ1) is 23.7. The molecule has 0 aliphatic heterocycles. The lowest BCUT2D eigenvalue weighted by atomic mass is 10.1. The third kappa shape index (κ3) is 6.04. The Morgan fingerprint density at radius 3 is 2.35 bits per heavy atom. The Kier molecular flexibility index (Phi) is 7.36. The summed E-state index contributed by atoms with van der Waals surface area (Å²) in [6.07, 6.45) is -0.177. The first-order valence-electron chi connectivity index (χ1n) is 8.57. The highest BCUT2D eigenvalue weighted by Crippen LogP contribution is 2.33. The summed E-state index contributed by atoms with van der Waals surface area (Å²) in [6, 6.07) is 13.5. The number of benzene rings is 3. The number of carbonyl (C=O) groups is 1. The van der Waals surface area contributed by atoms with E-state index >= 15 is 0 Å². The molecule has 0 unspecified atom stereocenters. The normalized spacial score (nSPS) is 11.3. The fourth-order valence-corrected chi connectivity index (χ4v) is 4.19. The van der Waals surface area contributed by atoms with E-state index in [0.717, 1.165) is 0 Å². The Labute approximate surface area is 198 Å². The van der Waals surface area contributed by atoms with Gasteiger partial charge >= 0.3 is 0 Å². The SMILES string of the molecule is NS(=O)(=O)c1cc(NC(=O)Cc2c(Cl)ccc(Cl)c2Cl)ccc1Oc1cccc(Cl)c1. The molecule has 0 aliphatic carbocycles. The standard InChI is InChI=1S/C20H14Cl4N2O4S/c21-11-2-1-3-13(8-11)30-17-7-4-12(9-18(17)31(25,28)29)26-19(27)10-14-15(22)5-6-16(23)20(14)24/h1-9H,10H2,(H,26,27)(H2,25,28,29). The first-order chi connectivity index (χ1) is 14.5. The topological polar surface area (TPSA) is 98.5 Å². The van der Waals surface area contributed by atoms with Crippen molar-refractivity contribution in [3.63, 3.8) is 0 Å². The number of hydrogen-bond acceptors (Lipinski definition) is 4. The average Bonchev–Trinajstić information content (AvgIpc) is 2.69. The van der Waals surface area contributed by atoms with E-state index in [1.165, 1.54) is 36.4 Å². The summed E-state index contributed by atoms with van der Waals surface area (Å²) in [5.74, 6) is -0.196. The van der Waals surface area contributed by atoms with Gasteiger partial charge in [-0.2, -0.15) is 0 Å². The van der Waals surface area contributed by atoms with Crippen molar-refractivity contribution in [2.75, 3.05) is 5.32 Å². The summed E-state index contributed by atoms with van der Waals surface area (Å²) in [6.45, 7) is 0. The molecule has 0 bridgehead atoms. The van der Waals surface area contributed by atoms with Crippen molar-refractivity contribution in [2.24, 2.45) is 5.14 Å². The van der Waals surface area contributed by atoms with Gasteiger partial charge in [0.05, 0.1) is 16.5 Å². The number of ether oxygens (including phenoxy) is 1. The lowest BCUT2D eigenvalue weighted by Crippen LogP contribution is -2.17. The van der Waals surface area contributed by atoms with Gasteiger partial charge in [0.25, 0.3) is 0 Å². The van der Waals surface area contributed by atoms with Crippen LogP contribution in [-0.4, -0.2) is 14.3 Å². The number of amides is 1. The highest BCUT2D eigenvalue weighted by Gasteiger charge is 2.19. The van der Waals surface area contributed by atoms with E-state index in [-0.39, 0.29) is 37.8 Å². The number of nitrogens with two attached hydrogens (primary N) is 1. The minimum Gasteiger partial charge on any atom is -0.456 e. The van der Waals surface area contributed by atoms with E-state index in [4.69, 9.17) is 56.3 Å². The van der Waals surface area contributed by atoms with E-state index in [2.05, 4.69) is 5.32 Å². The molecule has 3 aromatic rings. The van der Waals surface area contributed by atoms with Crippen molar-refractivity contribution in [1.82, 2.24) is 0 Å². The van der Waals surface area contributed by atoms with E-state index in [1.54, 1.807) is 18.2 Å². The van der Waals surface area contributed by atoms with Crippen molar-refractivity contribution in [2.45, 2.75) is 11.3 Å². The predicted octanol–water partition coefficient (Wildman–Crippen LogP) is 5.92. The second-order valence-electron chi connectivity index (χ2n) is 6.31. The smallest absolute Gasteiger partial charge is 0.241 e. The molecule has 0 saturated heterocycles. The van der Waals surface area contributed by atoms with Gasteiger partial charge < -0.3 is 10.1 Å². The highest BCUT2D eigenvalue weighted by atomic mass is 35.5. The van der Waals surface area contributed by atoms with E-state index < -0.39 is 15.9 Å². The molecule has 3 N–H and O–H groups in total. The third-order valence-electron chi connectivity index (χ3n) is 4.03. The maximum Gasteiger partial charge on any atom is 0.241 e. The van der Waals surface area contributed by atoms with E-state index in [9.17, 15) is 13.2 Å². The van der Waals surface area contributed by atoms with Gasteiger partial charge in [0, 0.05) is 21.3 Å². The number of hydrogen-bond donors (Lipinski definition) is 2. The van der Waals surface area contributed by atoms with Crippen LogP contribution in [0.5, 0.6) is 11.5 Å². The molecule has 3 rings (SSSR count). The molecule has 0 radical (unpaired) electrons. The second-order valence-corrected chi connectivity index (χ2v) is 9.47. The maximum atomic E-state index is 12.5. The quantitative estimate of drug-likeness (QED) is 0.395. The molecule has 31 heavy (non-hydrogen) atoms. The van der Waals surface area contributed by atoms with Crippen LogP contribution in [0.3, 0.4) is 0 Å². The van der Waals surface area contributed by atoms with Crippen LogP contribution in [0.25, 0.3) is 0 Å². The molecular weight excluding hydrogens is 506 g/mol. The Balaban J connectivity index is 1.86. The first-order valence-corrected chi connectivity index (χ1v) is 11.6. The number of halogens is 4. The Bertz CT molecular complexity index is 1270. The summed E-state index contributed by atoms with van der Waals surface area (Å²) < 4.78 is 29.8. The molecule has 1 amide bonds. The van der Waals surface area contributed by atoms with Crippen LogP contribution in [0.1, 0.15) is 5.56 Å². The number of anilines is 1. The van der Waals surface area contributed by atoms with Gasteiger partial charge in [0.1, 0.15) is 16.4 Å². The summed E-state index contributed by atoms with van der Waals surface area (Å²) in [7, 11) is -4.17. The van der Waals surface area contributed by atoms with Crippen LogP contribution >= 0.6 is 46.4 Å². The molecule has 0 atom stereocenters. The molecule has 0 heterocycles. The molecule has 11 heteroatoms. The Morgan fingerprint density at radius 2 is 1.68 bits per heavy atom. The fourth-order valence-electron chi connectivity index (χ4n) is 2.65. The molecule has 3 aromatic carbocycles. The van der Waals surface area contributed by atoms with Gasteiger partial charge in [0.2, 0.25) is 15.9 Å². The van der Waals surface area contributed by atoms with Gasteiger partial charge in [-0.3, -0.25) is 4.79 Å². The zero-order valence-corrected chi connectivity index (χ0v) is 19.4. The monoisotopic (exact) mass is 518 g/mol. The van der Waals surface area contributed by atoms with Crippen molar-refractivity contribution in [1.29, 1.82) is 0 Å². The highest BCUT2D eigenvalue weighted by molar-refractivity contribution is 7.89. The van der Waals surface area contributed by atoms with Gasteiger partial charge in [-0.05, 0) is 48.5 Å². The van der Waals surface area contributed by atoms with Crippen molar-refractivity contribution >= 4 is 68.0 Å². The van der Waals surface area contributed by atoms with Crippen molar-refractivity contribution in [3.05, 3.63) is 80.3 Å². The summed E-state index contributed by atoms with van der Waals surface area (Å²) in [5, 5.41) is 9.02. The van der Waals surface area contributed by atoms with Crippen molar-refractivity contribution in [3.8, 4) is 11.5 Å². The zero-order valence-electron chi connectivity index (χ0n) is 15.5. The fraction of sp³-hybridized carbons (Fsp3) is 0.0500. The number of nitrogens with one attached hydrogen (secondary N) is 1. The minimum absolute atomic E-state index is 0.0244. The lowest BCUT2D eigenvalue weighted by Gasteiger charge is -2.13. The molecule has 0 fully saturated rings. The van der Waals surface area contributed by atoms with Crippen LogP contribution in [0.2, 0.25) is 20.1 Å². The van der Waals surface area contributed by atoms with Gasteiger partial charge in [-0.15, -0.1) is 0 Å². The minimum atomic E-state index is -4.17. The molecule has 0 aliphatic rings. The van der Waals surface area contributed by atoms with Gasteiger partial charge in [-0.1, -0.05) is 52.5 Å². The lowest BCUT2D eigenvalue weighted by molar-refractivity contribution is -0.115. The molecule has 0 aromatic heterocycles. The molecular formula is C20H14Cl4N2O4S. The maximum absolute atomic E-state index is 12.5. The van der Waals surface area contributed by atoms with Crippen LogP contribution in [0, 0.1) is 0 Å². The Morgan fingerprint density at radius 1 is 0.968 bits per heavy atom. The van der Waals surface area contributed by atoms with Crippen LogP contribution in [0.4, 0.5) is 5.69 Å².